The zero-order chi connectivity index (χ0) is 17.0. The van der Waals surface area contributed by atoms with Gasteiger partial charge in [-0.1, -0.05) is 6.07 Å². The molecule has 122 valence electrons. The van der Waals surface area contributed by atoms with Crippen molar-refractivity contribution in [1.29, 1.82) is 0 Å². The first-order valence-corrected chi connectivity index (χ1v) is 7.80. The highest BCUT2D eigenvalue weighted by Gasteiger charge is 2.11. The fourth-order valence-electron chi connectivity index (χ4n) is 1.80. The van der Waals surface area contributed by atoms with Crippen LogP contribution in [0.3, 0.4) is 0 Å². The number of nitrogen functional groups attached to an aromatic ring is 1. The maximum atomic E-state index is 11.1. The van der Waals surface area contributed by atoms with E-state index in [1.807, 2.05) is 0 Å². The van der Waals surface area contributed by atoms with Gasteiger partial charge in [-0.05, 0) is 18.2 Å². The molecule has 0 aliphatic heterocycles. The minimum atomic E-state index is -4.30. The number of nitrogens with zero attached hydrogens (tertiary/aromatic N) is 2. The summed E-state index contributed by atoms with van der Waals surface area (Å²) in [6, 6.07) is 8.52. The average molecular weight is 337 g/mol. The molecule has 9 heteroatoms. The van der Waals surface area contributed by atoms with E-state index >= 15 is 0 Å². The third-order valence-electron chi connectivity index (χ3n) is 2.92. The van der Waals surface area contributed by atoms with Gasteiger partial charge in [0.1, 0.15) is 17.2 Å². The van der Waals surface area contributed by atoms with Crippen LogP contribution >= 0.6 is 0 Å². The molecule has 3 N–H and O–H groups in total. The lowest BCUT2D eigenvalue weighted by molar-refractivity contribution is 0.406. The lowest BCUT2D eigenvalue weighted by Gasteiger charge is -2.09. The molecule has 2 rings (SSSR count). The first-order chi connectivity index (χ1) is 10.8. The molecule has 0 spiro atoms. The minimum Gasteiger partial charge on any atom is -0.495 e. The Morgan fingerprint density at radius 1 is 1.04 bits per heavy atom. The maximum Gasteiger partial charge on any atom is 0.294 e. The molecule has 0 atom stereocenters. The largest absolute Gasteiger partial charge is 0.495 e. The van der Waals surface area contributed by atoms with Gasteiger partial charge in [0.05, 0.1) is 30.5 Å². The average Bonchev–Trinajstić information content (AvgIpc) is 2.52. The van der Waals surface area contributed by atoms with Gasteiger partial charge in [0.25, 0.3) is 10.1 Å². The van der Waals surface area contributed by atoms with E-state index in [4.69, 9.17) is 19.8 Å². The van der Waals surface area contributed by atoms with Crippen LogP contribution in [0.1, 0.15) is 0 Å². The number of ether oxygens (including phenoxy) is 2. The molecule has 0 radical (unpaired) electrons. The van der Waals surface area contributed by atoms with Crippen LogP contribution in [-0.4, -0.2) is 27.2 Å². The lowest BCUT2D eigenvalue weighted by atomic mass is 10.2. The third-order valence-corrected chi connectivity index (χ3v) is 3.77. The summed E-state index contributed by atoms with van der Waals surface area (Å²) >= 11 is 0. The summed E-state index contributed by atoms with van der Waals surface area (Å²) in [7, 11) is -1.38. The van der Waals surface area contributed by atoms with E-state index in [9.17, 15) is 8.42 Å². The van der Waals surface area contributed by atoms with E-state index in [-0.39, 0.29) is 10.6 Å². The monoisotopic (exact) mass is 337 g/mol. The Labute approximate surface area is 133 Å². The van der Waals surface area contributed by atoms with Crippen LogP contribution in [0.15, 0.2) is 51.5 Å². The summed E-state index contributed by atoms with van der Waals surface area (Å²) in [6.45, 7) is 0. The van der Waals surface area contributed by atoms with Crippen LogP contribution in [0.25, 0.3) is 0 Å². The number of methoxy groups -OCH3 is 2. The van der Waals surface area contributed by atoms with E-state index in [1.165, 1.54) is 32.4 Å². The van der Waals surface area contributed by atoms with Gasteiger partial charge in [-0.15, -0.1) is 5.11 Å². The third kappa shape index (κ3) is 3.96. The Kier molecular flexibility index (Phi) is 4.82. The van der Waals surface area contributed by atoms with Gasteiger partial charge in [-0.25, -0.2) is 0 Å². The summed E-state index contributed by atoms with van der Waals surface area (Å²) in [5, 5.41) is 7.95. The van der Waals surface area contributed by atoms with Crippen LogP contribution in [0.5, 0.6) is 11.5 Å². The van der Waals surface area contributed by atoms with Crippen molar-refractivity contribution in [2.24, 2.45) is 10.2 Å². The molecular weight excluding hydrogens is 322 g/mol. The Bertz CT molecular complexity index is 849. The first kappa shape index (κ1) is 16.7. The SMILES string of the molecule is COc1cc(N=Nc2cccc(S(=O)(=O)O)c2)c(OC)cc1N. The van der Waals surface area contributed by atoms with E-state index in [1.54, 1.807) is 18.2 Å². The molecule has 2 aromatic carbocycles. The predicted octanol–water partition coefficient (Wildman–Crippen LogP) is 2.95. The van der Waals surface area contributed by atoms with Crippen molar-refractivity contribution in [3.63, 3.8) is 0 Å². The molecule has 8 nitrogen and oxygen atoms in total. The Hall–Kier alpha value is -2.65. The molecule has 0 amide bonds. The number of azo groups is 1. The normalized spacial score (nSPS) is 11.6. The summed E-state index contributed by atoms with van der Waals surface area (Å²) in [5.74, 6) is 0.796. The van der Waals surface area contributed by atoms with Gasteiger partial charge in [0, 0.05) is 12.1 Å². The standard InChI is InChI=1S/C14H15N3O5S/c1-21-13-8-12(14(22-2)7-11(13)15)17-16-9-4-3-5-10(6-9)23(18,19)20/h3-8H,15H2,1-2H3,(H,18,19,20). The van der Waals surface area contributed by atoms with Crippen LogP contribution in [-0.2, 0) is 10.1 Å². The van der Waals surface area contributed by atoms with Crippen LogP contribution < -0.4 is 15.2 Å². The highest BCUT2D eigenvalue weighted by molar-refractivity contribution is 7.85. The quantitative estimate of drug-likeness (QED) is 0.491. The number of benzene rings is 2. The molecule has 0 unspecified atom stereocenters. The molecule has 0 aromatic heterocycles. The zero-order valence-electron chi connectivity index (χ0n) is 12.4. The van der Waals surface area contributed by atoms with E-state index in [2.05, 4.69) is 10.2 Å². The van der Waals surface area contributed by atoms with Crippen molar-refractivity contribution in [1.82, 2.24) is 0 Å². The Morgan fingerprint density at radius 2 is 1.74 bits per heavy atom. The highest BCUT2D eigenvalue weighted by atomic mass is 32.2. The van der Waals surface area contributed by atoms with Crippen molar-refractivity contribution in [2.45, 2.75) is 4.90 Å². The molecule has 0 fully saturated rings. The summed E-state index contributed by atoms with van der Waals surface area (Å²) in [4.78, 5) is -0.268. The molecule has 0 bridgehead atoms. The van der Waals surface area contributed by atoms with Crippen molar-refractivity contribution < 1.29 is 22.4 Å². The van der Waals surface area contributed by atoms with Gasteiger partial charge in [0.2, 0.25) is 0 Å². The van der Waals surface area contributed by atoms with E-state index in [0.29, 0.717) is 22.9 Å². The second kappa shape index (κ2) is 6.63. The second-order valence-corrected chi connectivity index (χ2v) is 5.86. The van der Waals surface area contributed by atoms with Crippen molar-refractivity contribution >= 4 is 27.2 Å². The fourth-order valence-corrected chi connectivity index (χ4v) is 2.32. The maximum absolute atomic E-state index is 11.1. The van der Waals surface area contributed by atoms with Crippen molar-refractivity contribution in [3.8, 4) is 11.5 Å². The number of anilines is 1. The van der Waals surface area contributed by atoms with Crippen molar-refractivity contribution in [3.05, 3.63) is 36.4 Å². The summed E-state index contributed by atoms with van der Waals surface area (Å²) in [5.41, 5.74) is 6.77. The molecule has 2 aromatic rings. The number of hydrogen-bond acceptors (Lipinski definition) is 7. The molecule has 23 heavy (non-hydrogen) atoms. The molecule has 0 heterocycles. The van der Waals surface area contributed by atoms with Crippen molar-refractivity contribution in [2.75, 3.05) is 20.0 Å². The van der Waals surface area contributed by atoms with E-state index in [0.717, 1.165) is 0 Å². The van der Waals surface area contributed by atoms with Gasteiger partial charge < -0.3 is 15.2 Å². The van der Waals surface area contributed by atoms with Crippen LogP contribution in [0.4, 0.5) is 17.1 Å². The molecule has 0 saturated heterocycles. The topological polar surface area (TPSA) is 124 Å². The second-order valence-electron chi connectivity index (χ2n) is 4.44. The van der Waals surface area contributed by atoms with E-state index < -0.39 is 10.1 Å². The van der Waals surface area contributed by atoms with Gasteiger partial charge in [-0.3, -0.25) is 4.55 Å². The smallest absolute Gasteiger partial charge is 0.294 e. The molecular formula is C14H15N3O5S. The molecule has 0 aliphatic rings. The van der Waals surface area contributed by atoms with Gasteiger partial charge >= 0.3 is 0 Å². The highest BCUT2D eigenvalue weighted by Crippen LogP contribution is 2.37. The molecule has 0 aliphatic carbocycles. The zero-order valence-corrected chi connectivity index (χ0v) is 13.2. The first-order valence-electron chi connectivity index (χ1n) is 6.36. The summed E-state index contributed by atoms with van der Waals surface area (Å²) in [6.07, 6.45) is 0. The lowest BCUT2D eigenvalue weighted by Crippen LogP contribution is -1.96. The number of rotatable bonds is 5. The minimum absolute atomic E-state index is 0.248. The number of hydrogen-bond donors (Lipinski definition) is 2. The van der Waals surface area contributed by atoms with Crippen LogP contribution in [0, 0.1) is 0 Å². The number of nitrogens with two attached hydrogens (primary N) is 1. The van der Waals surface area contributed by atoms with Crippen LogP contribution in [0.2, 0.25) is 0 Å². The fraction of sp³-hybridized carbons (Fsp3) is 0.143. The Morgan fingerprint density at radius 3 is 2.35 bits per heavy atom. The Balaban J connectivity index is 2.41. The molecule has 0 saturated carbocycles. The summed E-state index contributed by atoms with van der Waals surface area (Å²) < 4.78 is 41.5. The van der Waals surface area contributed by atoms with Gasteiger partial charge in [0.15, 0.2) is 0 Å². The van der Waals surface area contributed by atoms with Gasteiger partial charge in [-0.2, -0.15) is 13.5 Å². The predicted molar refractivity (Wildman–Crippen MR) is 84.4 cm³/mol.